The summed E-state index contributed by atoms with van der Waals surface area (Å²) in [5.41, 5.74) is 2.58. The first-order valence-corrected chi connectivity index (χ1v) is 10.8. The van der Waals surface area contributed by atoms with Crippen molar-refractivity contribution < 1.29 is 0 Å². The quantitative estimate of drug-likeness (QED) is 0.232. The molecule has 0 saturated carbocycles. The third-order valence-electron chi connectivity index (χ3n) is 6.39. The predicted molar refractivity (Wildman–Crippen MR) is 128 cm³/mol. The van der Waals surface area contributed by atoms with Crippen LogP contribution in [0, 0.1) is 0 Å². The molecule has 7 aromatic rings. The van der Waals surface area contributed by atoms with Crippen LogP contribution in [0.25, 0.3) is 63.5 Å². The van der Waals surface area contributed by atoms with Crippen LogP contribution in [0.15, 0.2) is 84.9 Å². The van der Waals surface area contributed by atoms with Crippen molar-refractivity contribution in [2.45, 2.75) is 0 Å². The molecule has 2 heterocycles. The van der Waals surface area contributed by atoms with Gasteiger partial charge < -0.3 is 4.57 Å². The Morgan fingerprint density at radius 1 is 0.517 bits per heavy atom. The van der Waals surface area contributed by atoms with E-state index < -0.39 is 0 Å². The first-order valence-electron chi connectivity index (χ1n) is 9.94. The van der Waals surface area contributed by atoms with Gasteiger partial charge in [0, 0.05) is 49.0 Å². The molecule has 136 valence electrons. The number of nitrogens with zero attached hydrogens (tertiary/aromatic N) is 1. The van der Waals surface area contributed by atoms with Crippen LogP contribution in [0.2, 0.25) is 0 Å². The minimum Gasteiger partial charge on any atom is -0.344 e. The predicted octanol–water partition coefficient (Wildman–Crippen LogP) is 8.01. The summed E-state index contributed by atoms with van der Waals surface area (Å²) < 4.78 is 5.04. The first-order chi connectivity index (χ1) is 14.3. The molecule has 0 saturated heterocycles. The summed E-state index contributed by atoms with van der Waals surface area (Å²) in [6.07, 6.45) is 0. The van der Waals surface area contributed by atoms with E-state index in [-0.39, 0.29) is 0 Å². The second-order valence-corrected chi connectivity index (χ2v) is 8.92. The van der Waals surface area contributed by atoms with Gasteiger partial charge in [-0.15, -0.1) is 11.3 Å². The molecule has 29 heavy (non-hydrogen) atoms. The van der Waals surface area contributed by atoms with Gasteiger partial charge in [-0.25, -0.2) is 0 Å². The van der Waals surface area contributed by atoms with Crippen molar-refractivity contribution in [2.24, 2.45) is 7.05 Å². The van der Waals surface area contributed by atoms with Crippen LogP contribution >= 0.6 is 11.3 Å². The normalized spacial score (nSPS) is 12.3. The van der Waals surface area contributed by atoms with Gasteiger partial charge in [-0.3, -0.25) is 0 Å². The summed E-state index contributed by atoms with van der Waals surface area (Å²) in [6.45, 7) is 0. The number of hydrogen-bond donors (Lipinski definition) is 0. The zero-order valence-electron chi connectivity index (χ0n) is 15.9. The second kappa shape index (κ2) is 5.37. The largest absolute Gasteiger partial charge is 0.344 e. The molecule has 0 amide bonds. The molecule has 2 aromatic heterocycles. The van der Waals surface area contributed by atoms with Crippen molar-refractivity contribution in [1.29, 1.82) is 0 Å². The number of para-hydroxylation sites is 1. The Morgan fingerprint density at radius 2 is 1.24 bits per heavy atom. The van der Waals surface area contributed by atoms with E-state index in [1.54, 1.807) is 0 Å². The monoisotopic (exact) mass is 387 g/mol. The third-order valence-corrected chi connectivity index (χ3v) is 7.53. The lowest BCUT2D eigenvalue weighted by Gasteiger charge is -2.08. The van der Waals surface area contributed by atoms with E-state index in [0.29, 0.717) is 0 Å². The third kappa shape index (κ3) is 1.89. The SMILES string of the molecule is Cn1c2ccccc2c2c3ccc4ccc5sc6ccccc6c5c4c3ccc21. The number of fused-ring (bicyclic) bond motifs is 11. The van der Waals surface area contributed by atoms with Crippen molar-refractivity contribution in [3.05, 3.63) is 84.9 Å². The van der Waals surface area contributed by atoms with Crippen molar-refractivity contribution in [3.8, 4) is 0 Å². The Labute approximate surface area is 171 Å². The molecule has 1 nitrogen and oxygen atoms in total. The van der Waals surface area contributed by atoms with Gasteiger partial charge in [0.2, 0.25) is 0 Å². The van der Waals surface area contributed by atoms with Crippen molar-refractivity contribution in [3.63, 3.8) is 0 Å². The van der Waals surface area contributed by atoms with Gasteiger partial charge in [0.15, 0.2) is 0 Å². The average molecular weight is 388 g/mol. The van der Waals surface area contributed by atoms with E-state index in [9.17, 15) is 0 Å². The number of rotatable bonds is 0. The molecular formula is C27H17NS. The van der Waals surface area contributed by atoms with Crippen LogP contribution in [0.3, 0.4) is 0 Å². The van der Waals surface area contributed by atoms with Crippen molar-refractivity contribution in [1.82, 2.24) is 4.57 Å². The van der Waals surface area contributed by atoms with Crippen LogP contribution in [0.1, 0.15) is 0 Å². The van der Waals surface area contributed by atoms with Crippen LogP contribution in [-0.4, -0.2) is 4.57 Å². The molecule has 7 rings (SSSR count). The molecular weight excluding hydrogens is 370 g/mol. The van der Waals surface area contributed by atoms with Crippen LogP contribution < -0.4 is 0 Å². The van der Waals surface area contributed by atoms with E-state index >= 15 is 0 Å². The molecule has 0 radical (unpaired) electrons. The molecule has 0 fully saturated rings. The van der Waals surface area contributed by atoms with Crippen LogP contribution in [0.5, 0.6) is 0 Å². The zero-order chi connectivity index (χ0) is 19.1. The summed E-state index contributed by atoms with van der Waals surface area (Å²) in [5, 5.41) is 10.8. The Balaban J connectivity index is 1.80. The van der Waals surface area contributed by atoms with E-state index in [1.807, 2.05) is 11.3 Å². The van der Waals surface area contributed by atoms with Gasteiger partial charge in [-0.1, -0.05) is 60.7 Å². The lowest BCUT2D eigenvalue weighted by atomic mass is 9.95. The lowest BCUT2D eigenvalue weighted by molar-refractivity contribution is 1.01. The second-order valence-electron chi connectivity index (χ2n) is 7.83. The molecule has 0 spiro atoms. The lowest BCUT2D eigenvalue weighted by Crippen LogP contribution is -1.86. The molecule has 0 aliphatic carbocycles. The smallest absolute Gasteiger partial charge is 0.0495 e. The highest BCUT2D eigenvalue weighted by molar-refractivity contribution is 7.26. The standard InChI is InChI=1S/C27H17NS/c1-28-21-8-4-2-6-19(21)26-18-12-10-16-11-15-24-27(20-7-3-5-9-23(20)29-24)25(16)17(18)13-14-22(26)28/h2-15H,1H3. The van der Waals surface area contributed by atoms with E-state index in [0.717, 1.165) is 0 Å². The van der Waals surface area contributed by atoms with Gasteiger partial charge in [0.05, 0.1) is 0 Å². The van der Waals surface area contributed by atoms with Crippen molar-refractivity contribution >= 4 is 74.9 Å². The summed E-state index contributed by atoms with van der Waals surface area (Å²) in [5.74, 6) is 0. The number of aryl methyl sites for hydroxylation is 1. The minimum atomic E-state index is 1.29. The molecule has 2 heteroatoms. The van der Waals surface area contributed by atoms with E-state index in [1.165, 1.54) is 63.5 Å². The van der Waals surface area contributed by atoms with Crippen LogP contribution in [-0.2, 0) is 7.05 Å². The maximum absolute atomic E-state index is 2.32. The fourth-order valence-corrected chi connectivity index (χ4v) is 6.22. The van der Waals surface area contributed by atoms with Gasteiger partial charge in [0.1, 0.15) is 0 Å². The Bertz CT molecular complexity index is 1760. The highest BCUT2D eigenvalue weighted by Crippen LogP contribution is 2.43. The average Bonchev–Trinajstić information content (AvgIpc) is 3.29. The molecule has 0 aliphatic rings. The first kappa shape index (κ1) is 15.5. The number of aromatic nitrogens is 1. The Morgan fingerprint density at radius 3 is 2.17 bits per heavy atom. The van der Waals surface area contributed by atoms with E-state index in [2.05, 4.69) is 96.5 Å². The maximum Gasteiger partial charge on any atom is 0.0495 e. The topological polar surface area (TPSA) is 4.93 Å². The van der Waals surface area contributed by atoms with Crippen LogP contribution in [0.4, 0.5) is 0 Å². The summed E-state index contributed by atoms with van der Waals surface area (Å²) in [7, 11) is 2.17. The Hall–Kier alpha value is -3.36. The molecule has 0 atom stereocenters. The summed E-state index contributed by atoms with van der Waals surface area (Å²) in [4.78, 5) is 0. The molecule has 0 aliphatic heterocycles. The van der Waals surface area contributed by atoms with Gasteiger partial charge in [-0.05, 0) is 45.8 Å². The molecule has 5 aromatic carbocycles. The molecule has 0 unspecified atom stereocenters. The number of thiophene rings is 1. The highest BCUT2D eigenvalue weighted by Gasteiger charge is 2.15. The van der Waals surface area contributed by atoms with E-state index in [4.69, 9.17) is 0 Å². The van der Waals surface area contributed by atoms with Gasteiger partial charge in [-0.2, -0.15) is 0 Å². The number of benzene rings is 5. The van der Waals surface area contributed by atoms with Gasteiger partial charge >= 0.3 is 0 Å². The van der Waals surface area contributed by atoms with Crippen molar-refractivity contribution in [2.75, 3.05) is 0 Å². The maximum atomic E-state index is 2.32. The molecule has 0 bridgehead atoms. The fraction of sp³-hybridized carbons (Fsp3) is 0.0370. The zero-order valence-corrected chi connectivity index (χ0v) is 16.8. The highest BCUT2D eigenvalue weighted by atomic mass is 32.1. The summed E-state index contributed by atoms with van der Waals surface area (Å²) >= 11 is 1.89. The Kier molecular flexibility index (Phi) is 2.88. The summed E-state index contributed by atoms with van der Waals surface area (Å²) in [6, 6.07) is 31.3. The number of hydrogen-bond acceptors (Lipinski definition) is 1. The minimum absolute atomic E-state index is 1.29. The fourth-order valence-electron chi connectivity index (χ4n) is 5.10. The van der Waals surface area contributed by atoms with Gasteiger partial charge in [0.25, 0.3) is 0 Å². The molecule has 0 N–H and O–H groups in total.